The molecule has 4 aromatic rings. The number of halogens is 3. The molecule has 7 nitrogen and oxygen atoms in total. The number of ether oxygens (including phenoxy) is 1. The number of benzene rings is 3. The molecule has 0 bridgehead atoms. The molecule has 1 aliphatic rings. The molecule has 0 spiro atoms. The van der Waals surface area contributed by atoms with Crippen LogP contribution in [0.3, 0.4) is 0 Å². The second-order valence-corrected chi connectivity index (χ2v) is 10.2. The average molecular weight is 551 g/mol. The van der Waals surface area contributed by atoms with E-state index in [1.807, 2.05) is 0 Å². The molecule has 2 amide bonds. The smallest absolute Gasteiger partial charge is 0.270 e. The van der Waals surface area contributed by atoms with Crippen LogP contribution >= 0.6 is 11.3 Å². The molecule has 0 radical (unpaired) electrons. The Morgan fingerprint density at radius 1 is 1.15 bits per heavy atom. The fourth-order valence-corrected chi connectivity index (χ4v) is 4.85. The van der Waals surface area contributed by atoms with E-state index in [0.29, 0.717) is 20.9 Å². The third-order valence-electron chi connectivity index (χ3n) is 6.05. The van der Waals surface area contributed by atoms with Crippen LogP contribution in [0.15, 0.2) is 54.6 Å². The Morgan fingerprint density at radius 2 is 1.95 bits per heavy atom. The normalized spacial score (nSPS) is 13.1. The largest absolute Gasteiger partial charge is 0.456 e. The molecule has 0 saturated heterocycles. The van der Waals surface area contributed by atoms with Crippen LogP contribution in [0.5, 0.6) is 11.5 Å². The van der Waals surface area contributed by atoms with E-state index in [1.54, 1.807) is 12.1 Å². The fourth-order valence-electron chi connectivity index (χ4n) is 3.90. The first-order valence-corrected chi connectivity index (χ1v) is 12.8. The Kier molecular flexibility index (Phi) is 6.97. The molecule has 1 fully saturated rings. The van der Waals surface area contributed by atoms with Crippen molar-refractivity contribution in [1.82, 2.24) is 4.98 Å². The first-order chi connectivity index (χ1) is 18.6. The van der Waals surface area contributed by atoms with E-state index < -0.39 is 17.6 Å². The number of carbonyl (C=O) groups is 2. The predicted molar refractivity (Wildman–Crippen MR) is 141 cm³/mol. The maximum absolute atomic E-state index is 14.5. The summed E-state index contributed by atoms with van der Waals surface area (Å²) in [6, 6.07) is 14.5. The van der Waals surface area contributed by atoms with E-state index in [0.717, 1.165) is 37.2 Å². The van der Waals surface area contributed by atoms with Crippen LogP contribution in [0.1, 0.15) is 36.5 Å². The summed E-state index contributed by atoms with van der Waals surface area (Å²) in [5, 5.41) is 15.4. The van der Waals surface area contributed by atoms with Crippen molar-refractivity contribution < 1.29 is 27.5 Å². The van der Waals surface area contributed by atoms with Crippen molar-refractivity contribution in [1.29, 1.82) is 5.26 Å². The van der Waals surface area contributed by atoms with E-state index in [-0.39, 0.29) is 46.6 Å². The second-order valence-electron chi connectivity index (χ2n) is 9.24. The molecule has 0 atom stereocenters. The van der Waals surface area contributed by atoms with Crippen molar-refractivity contribution in [2.75, 3.05) is 10.6 Å². The van der Waals surface area contributed by atoms with Crippen molar-refractivity contribution in [3.05, 3.63) is 77.1 Å². The van der Waals surface area contributed by atoms with E-state index in [9.17, 15) is 28.0 Å². The number of aromatic nitrogens is 1. The zero-order chi connectivity index (χ0) is 27.7. The maximum Gasteiger partial charge on any atom is 0.270 e. The zero-order valence-electron chi connectivity index (χ0n) is 20.6. The third-order valence-corrected chi connectivity index (χ3v) is 7.05. The molecule has 2 N–H and O–H groups in total. The Balaban J connectivity index is 1.33. The maximum atomic E-state index is 14.5. The fraction of sp³-hybridized carbons (Fsp3) is 0.214. The number of hydrogen-bond donors (Lipinski definition) is 2. The van der Waals surface area contributed by atoms with Crippen molar-refractivity contribution in [3.8, 4) is 17.6 Å². The highest BCUT2D eigenvalue weighted by Gasteiger charge is 2.30. The Hall–Kier alpha value is -4.43. The van der Waals surface area contributed by atoms with Gasteiger partial charge in [-0.1, -0.05) is 29.5 Å². The van der Waals surface area contributed by atoms with Crippen LogP contribution in [0.4, 0.5) is 24.0 Å². The van der Waals surface area contributed by atoms with Crippen LogP contribution in [0, 0.1) is 23.1 Å². The molecule has 1 heterocycles. The number of nitrogens with zero attached hydrogens (tertiary/aromatic N) is 2. The van der Waals surface area contributed by atoms with Gasteiger partial charge in [-0.15, -0.1) is 0 Å². The number of hydrogen-bond acceptors (Lipinski definition) is 6. The summed E-state index contributed by atoms with van der Waals surface area (Å²) >= 11 is 1.15. The highest BCUT2D eigenvalue weighted by Crippen LogP contribution is 2.38. The molecule has 0 aliphatic heterocycles. The number of anilines is 2. The number of alkyl halides is 2. The number of amides is 2. The molecule has 39 heavy (non-hydrogen) atoms. The number of nitriles is 1. The summed E-state index contributed by atoms with van der Waals surface area (Å²) in [5.41, 5.74) is 0.671. The Bertz CT molecular complexity index is 1640. The van der Waals surface area contributed by atoms with Crippen molar-refractivity contribution in [2.45, 2.75) is 32.1 Å². The van der Waals surface area contributed by atoms with Gasteiger partial charge in [0.2, 0.25) is 11.8 Å². The van der Waals surface area contributed by atoms with Gasteiger partial charge in [-0.3, -0.25) is 9.59 Å². The highest BCUT2D eigenvalue weighted by molar-refractivity contribution is 7.22. The van der Waals surface area contributed by atoms with Gasteiger partial charge in [-0.25, -0.2) is 18.2 Å². The van der Waals surface area contributed by atoms with E-state index >= 15 is 0 Å². The topological polar surface area (TPSA) is 104 Å². The predicted octanol–water partition coefficient (Wildman–Crippen LogP) is 6.74. The van der Waals surface area contributed by atoms with Gasteiger partial charge in [-0.05, 0) is 48.7 Å². The quantitative estimate of drug-likeness (QED) is 0.253. The van der Waals surface area contributed by atoms with Crippen molar-refractivity contribution in [2.24, 2.45) is 5.92 Å². The monoisotopic (exact) mass is 550 g/mol. The van der Waals surface area contributed by atoms with Gasteiger partial charge in [0.1, 0.15) is 28.9 Å². The van der Waals surface area contributed by atoms with Crippen LogP contribution in [-0.2, 0) is 21.9 Å². The number of thiazole rings is 1. The van der Waals surface area contributed by atoms with Crippen molar-refractivity contribution in [3.63, 3.8) is 0 Å². The lowest BCUT2D eigenvalue weighted by atomic mass is 10.0. The zero-order valence-corrected chi connectivity index (χ0v) is 21.4. The van der Waals surface area contributed by atoms with Crippen LogP contribution in [0.25, 0.3) is 10.2 Å². The lowest BCUT2D eigenvalue weighted by Crippen LogP contribution is -2.16. The van der Waals surface area contributed by atoms with E-state index in [4.69, 9.17) is 4.74 Å². The van der Waals surface area contributed by atoms with Crippen LogP contribution in [-0.4, -0.2) is 16.8 Å². The summed E-state index contributed by atoms with van der Waals surface area (Å²) in [5.74, 6) is -4.13. The summed E-state index contributed by atoms with van der Waals surface area (Å²) in [6.07, 6.45) is 1.46. The molecule has 11 heteroatoms. The SMILES string of the molecule is CC(F)(F)c1cccc(CC(=O)Nc2cc(Oc3ccc4nc(NC(=O)C5CC5)sc4c3C#N)ccc2F)c1. The van der Waals surface area contributed by atoms with Gasteiger partial charge in [0.05, 0.1) is 22.3 Å². The lowest BCUT2D eigenvalue weighted by molar-refractivity contribution is -0.117. The molecule has 1 aromatic heterocycles. The molecule has 0 unspecified atom stereocenters. The Labute approximate surface area is 225 Å². The molecule has 198 valence electrons. The van der Waals surface area contributed by atoms with Gasteiger partial charge < -0.3 is 15.4 Å². The van der Waals surface area contributed by atoms with Crippen LogP contribution < -0.4 is 15.4 Å². The summed E-state index contributed by atoms with van der Waals surface area (Å²) in [4.78, 5) is 29.0. The van der Waals surface area contributed by atoms with E-state index in [1.165, 1.54) is 36.4 Å². The number of rotatable bonds is 8. The van der Waals surface area contributed by atoms with Gasteiger partial charge in [0, 0.05) is 24.5 Å². The van der Waals surface area contributed by atoms with Gasteiger partial charge in [-0.2, -0.15) is 5.26 Å². The standard InChI is InChI=1S/C28H21F3N4O3S/c1-28(30,31)17-4-2-3-15(11-17)12-24(36)33-22-13-18(7-8-20(22)29)38-23-10-9-21-25(19(23)14-32)39-27(34-21)35-26(37)16-5-6-16/h2-4,7-11,13,16H,5-6,12H2,1H3,(H,33,36)(H,34,35,37). The van der Waals surface area contributed by atoms with E-state index in [2.05, 4.69) is 21.7 Å². The Morgan fingerprint density at radius 3 is 2.67 bits per heavy atom. The van der Waals surface area contributed by atoms with Gasteiger partial charge in [0.15, 0.2) is 5.13 Å². The molecular weight excluding hydrogens is 529 g/mol. The number of carbonyl (C=O) groups excluding carboxylic acids is 2. The lowest BCUT2D eigenvalue weighted by Gasteiger charge is -2.13. The highest BCUT2D eigenvalue weighted by atomic mass is 32.1. The summed E-state index contributed by atoms with van der Waals surface area (Å²) in [7, 11) is 0. The molecule has 1 saturated carbocycles. The minimum absolute atomic E-state index is 0.00533. The molecule has 1 aliphatic carbocycles. The van der Waals surface area contributed by atoms with Gasteiger partial charge >= 0.3 is 0 Å². The number of fused-ring (bicyclic) bond motifs is 1. The second kappa shape index (κ2) is 10.4. The van der Waals surface area contributed by atoms with Gasteiger partial charge in [0.25, 0.3) is 5.92 Å². The minimum atomic E-state index is -3.05. The first kappa shape index (κ1) is 26.2. The molecule has 5 rings (SSSR count). The summed E-state index contributed by atoms with van der Waals surface area (Å²) in [6.45, 7) is 0.767. The van der Waals surface area contributed by atoms with Crippen LogP contribution in [0.2, 0.25) is 0 Å². The minimum Gasteiger partial charge on any atom is -0.456 e. The summed E-state index contributed by atoms with van der Waals surface area (Å²) < 4.78 is 48.1. The first-order valence-electron chi connectivity index (χ1n) is 12.0. The molecular formula is C28H21F3N4O3S. The third kappa shape index (κ3) is 6.02. The van der Waals surface area contributed by atoms with Crippen molar-refractivity contribution >= 4 is 44.2 Å². The average Bonchev–Trinajstić information content (AvgIpc) is 3.66. The number of nitrogens with one attached hydrogen (secondary N) is 2. The molecule has 3 aromatic carbocycles.